The van der Waals surface area contributed by atoms with Gasteiger partial charge in [-0.3, -0.25) is 14.8 Å². The van der Waals surface area contributed by atoms with E-state index in [-0.39, 0.29) is 16.9 Å². The van der Waals surface area contributed by atoms with Gasteiger partial charge in [0.2, 0.25) is 5.91 Å². The maximum absolute atomic E-state index is 12.6. The zero-order valence-electron chi connectivity index (χ0n) is 13.7. The summed E-state index contributed by atoms with van der Waals surface area (Å²) in [6, 6.07) is 15.9. The third kappa shape index (κ3) is 2.67. The summed E-state index contributed by atoms with van der Waals surface area (Å²) in [7, 11) is 1.55. The number of nitriles is 1. The number of nitrogens with zero attached hydrogens (tertiary/aromatic N) is 3. The van der Waals surface area contributed by atoms with E-state index in [1.807, 2.05) is 30.3 Å². The minimum absolute atomic E-state index is 0.216. The van der Waals surface area contributed by atoms with Crippen LogP contribution in [0.1, 0.15) is 12.6 Å². The van der Waals surface area contributed by atoms with E-state index in [0.717, 1.165) is 5.56 Å². The van der Waals surface area contributed by atoms with Crippen LogP contribution in [0.3, 0.4) is 0 Å². The van der Waals surface area contributed by atoms with Crippen LogP contribution in [0.25, 0.3) is 21.9 Å². The van der Waals surface area contributed by atoms with E-state index in [1.54, 1.807) is 19.2 Å². The molecule has 3 rings (SSSR count). The highest BCUT2D eigenvalue weighted by Gasteiger charge is 2.18. The fourth-order valence-corrected chi connectivity index (χ4v) is 2.84. The number of hydrogen-bond donors (Lipinski definition) is 1. The van der Waals surface area contributed by atoms with Crippen LogP contribution in [0.4, 0.5) is 5.69 Å². The highest BCUT2D eigenvalue weighted by atomic mass is 16.5. The second-order valence-electron chi connectivity index (χ2n) is 5.63. The number of fused-ring (bicyclic) bond motifs is 1. The Hall–Kier alpha value is -3.43. The van der Waals surface area contributed by atoms with Gasteiger partial charge < -0.3 is 4.57 Å². The smallest absolute Gasteiger partial charge is 0.259 e. The molecule has 0 fully saturated rings. The lowest BCUT2D eigenvalue weighted by molar-refractivity contribution is -0.121. The Morgan fingerprint density at radius 2 is 1.84 bits per heavy atom. The fraction of sp³-hybridized carbons (Fsp3) is 0.105. The van der Waals surface area contributed by atoms with E-state index in [2.05, 4.69) is 6.07 Å². The van der Waals surface area contributed by atoms with Gasteiger partial charge in [-0.25, -0.2) is 0 Å². The van der Waals surface area contributed by atoms with Gasteiger partial charge in [-0.05, 0) is 23.8 Å². The minimum Gasteiger partial charge on any atom is -0.302 e. The van der Waals surface area contributed by atoms with Crippen LogP contribution in [-0.4, -0.2) is 15.7 Å². The Bertz CT molecular complexity index is 1080. The molecule has 0 aliphatic rings. The molecule has 0 saturated carbocycles. The van der Waals surface area contributed by atoms with Crippen LogP contribution in [0.2, 0.25) is 0 Å². The van der Waals surface area contributed by atoms with Crippen LogP contribution in [-0.2, 0) is 11.8 Å². The van der Waals surface area contributed by atoms with Gasteiger partial charge in [0.1, 0.15) is 11.8 Å². The molecule has 0 bridgehead atoms. The molecule has 0 aliphatic carbocycles. The third-order valence-electron chi connectivity index (χ3n) is 4.09. The SMILES string of the molecule is CC(=O)N(O)c1ccc2c(=O)n(C)c(C#N)c(-c3ccccc3)c2c1. The molecular formula is C19H15N3O3. The van der Waals surface area contributed by atoms with Crippen molar-refractivity contribution < 1.29 is 10.0 Å². The Balaban J connectivity index is 2.47. The highest BCUT2D eigenvalue weighted by molar-refractivity contribution is 6.01. The minimum atomic E-state index is -0.551. The molecule has 0 atom stereocenters. The normalized spacial score (nSPS) is 10.5. The monoisotopic (exact) mass is 333 g/mol. The number of pyridine rings is 1. The highest BCUT2D eigenvalue weighted by Crippen LogP contribution is 2.32. The summed E-state index contributed by atoms with van der Waals surface area (Å²) in [5.41, 5.74) is 1.48. The number of carbonyl (C=O) groups is 1. The Labute approximate surface area is 143 Å². The van der Waals surface area contributed by atoms with Crippen molar-refractivity contribution >= 4 is 22.4 Å². The zero-order valence-corrected chi connectivity index (χ0v) is 13.7. The van der Waals surface area contributed by atoms with E-state index >= 15 is 0 Å². The molecule has 1 heterocycles. The molecule has 1 amide bonds. The number of benzene rings is 2. The Morgan fingerprint density at radius 1 is 1.16 bits per heavy atom. The summed E-state index contributed by atoms with van der Waals surface area (Å²) in [4.78, 5) is 24.0. The van der Waals surface area contributed by atoms with Crippen LogP contribution in [0, 0.1) is 11.3 Å². The lowest BCUT2D eigenvalue weighted by atomic mass is 9.96. The average molecular weight is 333 g/mol. The summed E-state index contributed by atoms with van der Waals surface area (Å²) in [6.07, 6.45) is 0. The topological polar surface area (TPSA) is 86.3 Å². The standard InChI is InChI=1S/C19H15N3O3/c1-12(23)22(25)14-8-9-15-16(10-14)18(13-6-4-3-5-7-13)17(11-20)21(2)19(15)24/h3-10,25H,1-2H3. The number of hydrogen-bond acceptors (Lipinski definition) is 4. The van der Waals surface area contributed by atoms with E-state index in [1.165, 1.54) is 17.6 Å². The molecule has 0 spiro atoms. The van der Waals surface area contributed by atoms with Gasteiger partial charge in [-0.2, -0.15) is 10.3 Å². The van der Waals surface area contributed by atoms with Crippen LogP contribution >= 0.6 is 0 Å². The lowest BCUT2D eigenvalue weighted by Crippen LogP contribution is -2.24. The molecule has 0 saturated heterocycles. The van der Waals surface area contributed by atoms with Gasteiger partial charge in [0.25, 0.3) is 5.56 Å². The number of rotatable bonds is 2. The van der Waals surface area contributed by atoms with Crippen molar-refractivity contribution in [2.45, 2.75) is 6.92 Å². The quantitative estimate of drug-likeness (QED) is 0.577. The molecule has 0 aliphatic heterocycles. The molecule has 6 nitrogen and oxygen atoms in total. The Kier molecular flexibility index (Phi) is 4.09. The first-order valence-corrected chi connectivity index (χ1v) is 7.57. The molecule has 1 N–H and O–H groups in total. The average Bonchev–Trinajstić information content (AvgIpc) is 2.63. The van der Waals surface area contributed by atoms with Crippen molar-refractivity contribution in [1.29, 1.82) is 5.26 Å². The van der Waals surface area contributed by atoms with E-state index < -0.39 is 5.91 Å². The maximum Gasteiger partial charge on any atom is 0.259 e. The molecular weight excluding hydrogens is 318 g/mol. The number of carbonyl (C=O) groups excluding carboxylic acids is 1. The molecule has 25 heavy (non-hydrogen) atoms. The van der Waals surface area contributed by atoms with E-state index in [9.17, 15) is 20.1 Å². The predicted molar refractivity (Wildman–Crippen MR) is 94.3 cm³/mol. The molecule has 1 aromatic heterocycles. The van der Waals surface area contributed by atoms with Gasteiger partial charge in [0, 0.05) is 30.3 Å². The van der Waals surface area contributed by atoms with Crippen LogP contribution in [0.5, 0.6) is 0 Å². The van der Waals surface area contributed by atoms with Gasteiger partial charge in [0.05, 0.1) is 5.69 Å². The second-order valence-corrected chi connectivity index (χ2v) is 5.63. The first-order valence-electron chi connectivity index (χ1n) is 7.57. The fourth-order valence-electron chi connectivity index (χ4n) is 2.84. The largest absolute Gasteiger partial charge is 0.302 e. The predicted octanol–water partition coefficient (Wildman–Crippen LogP) is 2.82. The zero-order chi connectivity index (χ0) is 18.1. The van der Waals surface area contributed by atoms with Gasteiger partial charge >= 0.3 is 0 Å². The molecule has 2 aromatic carbocycles. The summed E-state index contributed by atoms with van der Waals surface area (Å²) in [5.74, 6) is -0.551. The Morgan fingerprint density at radius 3 is 2.44 bits per heavy atom. The van der Waals surface area contributed by atoms with Crippen LogP contribution < -0.4 is 10.6 Å². The summed E-state index contributed by atoms with van der Waals surface area (Å²) < 4.78 is 1.31. The molecule has 3 aromatic rings. The molecule has 124 valence electrons. The number of aromatic nitrogens is 1. The first kappa shape index (κ1) is 16.4. The van der Waals surface area contributed by atoms with Crippen molar-refractivity contribution in [3.05, 3.63) is 64.6 Å². The first-order chi connectivity index (χ1) is 12.0. The summed E-state index contributed by atoms with van der Waals surface area (Å²) in [5, 5.41) is 20.9. The molecule has 0 radical (unpaired) electrons. The molecule has 6 heteroatoms. The summed E-state index contributed by atoms with van der Waals surface area (Å²) in [6.45, 7) is 1.23. The maximum atomic E-state index is 12.6. The van der Waals surface area contributed by atoms with Crippen LogP contribution in [0.15, 0.2) is 53.3 Å². The van der Waals surface area contributed by atoms with Crippen molar-refractivity contribution in [2.24, 2.45) is 7.05 Å². The van der Waals surface area contributed by atoms with Gasteiger partial charge in [0.15, 0.2) is 0 Å². The van der Waals surface area contributed by atoms with Crippen molar-refractivity contribution in [3.63, 3.8) is 0 Å². The number of hydroxylamine groups is 1. The van der Waals surface area contributed by atoms with Crippen molar-refractivity contribution in [3.8, 4) is 17.2 Å². The summed E-state index contributed by atoms with van der Waals surface area (Å²) >= 11 is 0. The van der Waals surface area contributed by atoms with Crippen molar-refractivity contribution in [1.82, 2.24) is 4.57 Å². The lowest BCUT2D eigenvalue weighted by Gasteiger charge is -2.16. The van der Waals surface area contributed by atoms with E-state index in [0.29, 0.717) is 21.4 Å². The number of amides is 1. The van der Waals surface area contributed by atoms with E-state index in [4.69, 9.17) is 0 Å². The van der Waals surface area contributed by atoms with Crippen molar-refractivity contribution in [2.75, 3.05) is 5.06 Å². The number of anilines is 1. The second kappa shape index (κ2) is 6.23. The molecule has 0 unspecified atom stereocenters. The van der Waals surface area contributed by atoms with Gasteiger partial charge in [-0.15, -0.1) is 0 Å². The van der Waals surface area contributed by atoms with Gasteiger partial charge in [-0.1, -0.05) is 30.3 Å². The third-order valence-corrected chi connectivity index (χ3v) is 4.09.